The maximum absolute atomic E-state index is 14.5. The molecule has 0 spiro atoms. The van der Waals surface area contributed by atoms with Crippen LogP contribution in [0.2, 0.25) is 0 Å². The summed E-state index contributed by atoms with van der Waals surface area (Å²) in [6.07, 6.45) is -2.12. The van der Waals surface area contributed by atoms with Gasteiger partial charge in [-0.3, -0.25) is 19.3 Å². The Morgan fingerprint density at radius 1 is 1.22 bits per heavy atom. The standard InChI is InChI=1S/C25H29F4N9O3/c1-16-5-6-18(11-32-16)10-23(39)34-22(30)15-37(31)13-19(26)7-8-38-14-21(35-36-38)24(40)33-12-17-3-2-4-20(9-17)41-25(27,28)29/h2-6,9,11,14-15,19H,7-8,10,12-13,30-31H2,1H3,(H,33,40)(H,34,39)/b22-15+. The first-order chi connectivity index (χ1) is 19.4. The van der Waals surface area contributed by atoms with Crippen LogP contribution >= 0.6 is 0 Å². The number of ether oxygens (including phenoxy) is 1. The van der Waals surface area contributed by atoms with E-state index in [1.165, 1.54) is 29.2 Å². The Balaban J connectivity index is 1.40. The predicted octanol–water partition coefficient (Wildman–Crippen LogP) is 1.83. The summed E-state index contributed by atoms with van der Waals surface area (Å²) in [5.74, 6) is 4.30. The van der Waals surface area contributed by atoms with Gasteiger partial charge in [0.1, 0.15) is 17.7 Å². The summed E-state index contributed by atoms with van der Waals surface area (Å²) >= 11 is 0. The Kier molecular flexibility index (Phi) is 10.6. The van der Waals surface area contributed by atoms with Gasteiger partial charge in [0, 0.05) is 31.4 Å². The van der Waals surface area contributed by atoms with E-state index in [9.17, 15) is 27.2 Å². The molecule has 220 valence electrons. The number of nitrogens with zero attached hydrogens (tertiary/aromatic N) is 5. The summed E-state index contributed by atoms with van der Waals surface area (Å²) in [5, 5.41) is 13.5. The summed E-state index contributed by atoms with van der Waals surface area (Å²) in [4.78, 5) is 28.6. The first kappa shape index (κ1) is 30.8. The van der Waals surface area contributed by atoms with E-state index in [0.29, 0.717) is 11.1 Å². The molecule has 3 aromatic rings. The van der Waals surface area contributed by atoms with Crippen molar-refractivity contribution in [2.24, 2.45) is 11.6 Å². The number of pyridine rings is 1. The van der Waals surface area contributed by atoms with Crippen molar-refractivity contribution >= 4 is 11.8 Å². The van der Waals surface area contributed by atoms with Gasteiger partial charge in [0.2, 0.25) is 5.91 Å². The molecule has 0 bridgehead atoms. The van der Waals surface area contributed by atoms with Gasteiger partial charge in [-0.2, -0.15) is 0 Å². The summed E-state index contributed by atoms with van der Waals surface area (Å²) in [7, 11) is 0. The third kappa shape index (κ3) is 11.1. The smallest absolute Gasteiger partial charge is 0.406 e. The van der Waals surface area contributed by atoms with Crippen LogP contribution in [0.4, 0.5) is 17.6 Å². The molecule has 2 aromatic heterocycles. The van der Waals surface area contributed by atoms with E-state index in [2.05, 4.69) is 30.7 Å². The number of alkyl halides is 4. The minimum atomic E-state index is -4.83. The zero-order chi connectivity index (χ0) is 30.0. The van der Waals surface area contributed by atoms with Crippen molar-refractivity contribution in [3.63, 3.8) is 0 Å². The van der Waals surface area contributed by atoms with Crippen molar-refractivity contribution in [2.45, 2.75) is 45.4 Å². The van der Waals surface area contributed by atoms with Gasteiger partial charge >= 0.3 is 6.36 Å². The number of halogens is 4. The first-order valence-corrected chi connectivity index (χ1v) is 12.2. The minimum absolute atomic E-state index is 0.0232. The molecule has 16 heteroatoms. The van der Waals surface area contributed by atoms with Crippen molar-refractivity contribution in [1.29, 1.82) is 0 Å². The van der Waals surface area contributed by atoms with Crippen LogP contribution in [0.1, 0.15) is 33.7 Å². The summed E-state index contributed by atoms with van der Waals surface area (Å²) < 4.78 is 56.7. The van der Waals surface area contributed by atoms with E-state index in [4.69, 9.17) is 11.6 Å². The van der Waals surface area contributed by atoms with Gasteiger partial charge in [-0.25, -0.2) is 10.2 Å². The van der Waals surface area contributed by atoms with Gasteiger partial charge in [-0.05, 0) is 36.2 Å². The van der Waals surface area contributed by atoms with Gasteiger partial charge in [0.25, 0.3) is 5.91 Å². The highest BCUT2D eigenvalue weighted by atomic mass is 19.4. The second-order valence-corrected chi connectivity index (χ2v) is 8.94. The highest BCUT2D eigenvalue weighted by Gasteiger charge is 2.31. The Hall–Kier alpha value is -4.73. The molecule has 12 nitrogen and oxygen atoms in total. The monoisotopic (exact) mass is 579 g/mol. The molecule has 41 heavy (non-hydrogen) atoms. The largest absolute Gasteiger partial charge is 0.573 e. The predicted molar refractivity (Wildman–Crippen MR) is 138 cm³/mol. The average molecular weight is 580 g/mol. The van der Waals surface area contributed by atoms with Crippen molar-refractivity contribution < 1.29 is 31.9 Å². The van der Waals surface area contributed by atoms with Gasteiger partial charge in [0.05, 0.1) is 25.4 Å². The molecule has 1 unspecified atom stereocenters. The lowest BCUT2D eigenvalue weighted by Gasteiger charge is -2.18. The van der Waals surface area contributed by atoms with Crippen LogP contribution in [0.3, 0.4) is 0 Å². The molecule has 0 aliphatic rings. The number of carbonyl (C=O) groups is 2. The second kappa shape index (κ2) is 14.1. The van der Waals surface area contributed by atoms with Crippen LogP contribution in [0.15, 0.2) is 60.8 Å². The van der Waals surface area contributed by atoms with Crippen LogP contribution in [0, 0.1) is 6.92 Å². The maximum atomic E-state index is 14.5. The molecular weight excluding hydrogens is 550 g/mol. The maximum Gasteiger partial charge on any atom is 0.573 e. The fraction of sp³-hybridized carbons (Fsp3) is 0.320. The number of aryl methyl sites for hydroxylation is 2. The van der Waals surface area contributed by atoms with Crippen LogP contribution in [-0.4, -0.2) is 55.9 Å². The fourth-order valence-corrected chi connectivity index (χ4v) is 3.49. The minimum Gasteiger partial charge on any atom is -0.406 e. The average Bonchev–Trinajstić information content (AvgIpc) is 3.36. The first-order valence-electron chi connectivity index (χ1n) is 12.2. The lowest BCUT2D eigenvalue weighted by atomic mass is 10.2. The molecule has 3 rings (SSSR count). The molecule has 6 N–H and O–H groups in total. The summed E-state index contributed by atoms with van der Waals surface area (Å²) in [6, 6.07) is 8.72. The number of aromatic nitrogens is 4. The number of benzene rings is 1. The molecule has 0 saturated carbocycles. The van der Waals surface area contributed by atoms with E-state index >= 15 is 0 Å². The number of nitrogens with two attached hydrogens (primary N) is 2. The molecule has 2 amide bonds. The number of carbonyl (C=O) groups excluding carboxylic acids is 2. The Labute approximate surface area is 232 Å². The summed E-state index contributed by atoms with van der Waals surface area (Å²) in [5.41, 5.74) is 7.61. The molecule has 1 aromatic carbocycles. The quantitative estimate of drug-likeness (QED) is 0.134. The second-order valence-electron chi connectivity index (χ2n) is 8.94. The van der Waals surface area contributed by atoms with E-state index < -0.39 is 24.2 Å². The zero-order valence-electron chi connectivity index (χ0n) is 21.9. The Morgan fingerprint density at radius 2 is 2.00 bits per heavy atom. The van der Waals surface area contributed by atoms with Gasteiger partial charge in [-0.15, -0.1) is 18.3 Å². The number of hydrazine groups is 1. The highest BCUT2D eigenvalue weighted by molar-refractivity contribution is 5.91. The third-order valence-corrected chi connectivity index (χ3v) is 5.36. The van der Waals surface area contributed by atoms with E-state index in [-0.39, 0.29) is 49.9 Å². The van der Waals surface area contributed by atoms with E-state index in [0.717, 1.165) is 22.8 Å². The molecule has 0 saturated heterocycles. The van der Waals surface area contributed by atoms with Crippen LogP contribution < -0.4 is 26.9 Å². The van der Waals surface area contributed by atoms with Crippen molar-refractivity contribution in [2.75, 3.05) is 6.54 Å². The third-order valence-electron chi connectivity index (χ3n) is 5.36. The Morgan fingerprint density at radius 3 is 2.71 bits per heavy atom. The van der Waals surface area contributed by atoms with Crippen molar-refractivity contribution in [3.05, 3.63) is 83.3 Å². The lowest BCUT2D eigenvalue weighted by molar-refractivity contribution is -0.274. The molecule has 2 heterocycles. The zero-order valence-corrected chi connectivity index (χ0v) is 21.9. The normalized spacial score (nSPS) is 12.5. The van der Waals surface area contributed by atoms with Crippen LogP contribution in [0.5, 0.6) is 5.75 Å². The molecule has 0 fully saturated rings. The number of rotatable bonds is 13. The van der Waals surface area contributed by atoms with Crippen molar-refractivity contribution in [1.82, 2.24) is 35.6 Å². The molecule has 0 aliphatic heterocycles. The molecule has 0 radical (unpaired) electrons. The Bertz CT molecular complexity index is 1350. The highest BCUT2D eigenvalue weighted by Crippen LogP contribution is 2.23. The fourth-order valence-electron chi connectivity index (χ4n) is 3.49. The van der Waals surface area contributed by atoms with Gasteiger partial charge < -0.3 is 26.1 Å². The van der Waals surface area contributed by atoms with E-state index in [1.807, 2.05) is 6.92 Å². The van der Waals surface area contributed by atoms with Gasteiger partial charge in [0.15, 0.2) is 5.69 Å². The number of amides is 2. The van der Waals surface area contributed by atoms with Crippen molar-refractivity contribution in [3.8, 4) is 5.75 Å². The molecular formula is C25H29F4N9O3. The van der Waals surface area contributed by atoms with Crippen LogP contribution in [-0.2, 0) is 24.3 Å². The number of nitrogens with one attached hydrogen (secondary N) is 2. The molecule has 0 aliphatic carbocycles. The van der Waals surface area contributed by atoms with Gasteiger partial charge in [-0.1, -0.05) is 23.4 Å². The SMILES string of the molecule is Cc1ccc(CC(=O)N/C(N)=C/N(N)CC(F)CCn2cc(C(=O)NCc3cccc(OC(F)(F)F)c3)nn2)cn1. The topological polar surface area (TPSA) is 166 Å². The molecule has 1 atom stereocenters. The summed E-state index contributed by atoms with van der Waals surface area (Å²) in [6.45, 7) is 1.58. The number of hydrogen-bond donors (Lipinski definition) is 4. The lowest BCUT2D eigenvalue weighted by Crippen LogP contribution is -2.36. The van der Waals surface area contributed by atoms with E-state index in [1.54, 1.807) is 18.3 Å². The number of hydrogen-bond acceptors (Lipinski definition) is 9. The van der Waals surface area contributed by atoms with Crippen LogP contribution in [0.25, 0.3) is 0 Å².